The van der Waals surface area contributed by atoms with Crippen molar-refractivity contribution in [3.8, 4) is 0 Å². The highest BCUT2D eigenvalue weighted by Crippen LogP contribution is 2.16. The molecule has 0 saturated carbocycles. The van der Waals surface area contributed by atoms with Gasteiger partial charge in [-0.2, -0.15) is 0 Å². The molecule has 1 aromatic rings. The van der Waals surface area contributed by atoms with Gasteiger partial charge in [-0.25, -0.2) is 4.98 Å². The summed E-state index contributed by atoms with van der Waals surface area (Å²) < 4.78 is 0. The number of aliphatic hydroxyl groups excluding tert-OH is 1. The third kappa shape index (κ3) is 4.96. The largest absolute Gasteiger partial charge is 0.392 e. The van der Waals surface area contributed by atoms with Crippen LogP contribution in [0.2, 0.25) is 0 Å². The van der Waals surface area contributed by atoms with Crippen LogP contribution in [0.4, 0.5) is 5.82 Å². The summed E-state index contributed by atoms with van der Waals surface area (Å²) in [5, 5.41) is 16.1. The average molecular weight is 306 g/mol. The number of hydrogen-bond donors (Lipinski definition) is 3. The van der Waals surface area contributed by atoms with Crippen LogP contribution in [0.15, 0.2) is 18.3 Å². The molecule has 3 N–H and O–H groups in total. The Labute approximate surface area is 131 Å². The Balaban J connectivity index is 1.63. The second kappa shape index (κ2) is 8.10. The Bertz CT molecular complexity index is 478. The lowest BCUT2D eigenvalue weighted by molar-refractivity contribution is -0.131. The van der Waals surface area contributed by atoms with Gasteiger partial charge in [-0.3, -0.25) is 4.79 Å². The Morgan fingerprint density at radius 3 is 3.00 bits per heavy atom. The maximum Gasteiger partial charge on any atom is 0.227 e. The van der Waals surface area contributed by atoms with Crippen LogP contribution in [-0.4, -0.2) is 60.2 Å². The molecular formula is C16H26N4O2. The van der Waals surface area contributed by atoms with E-state index < -0.39 is 6.10 Å². The predicted molar refractivity (Wildman–Crippen MR) is 86.7 cm³/mol. The van der Waals surface area contributed by atoms with E-state index in [2.05, 4.69) is 20.5 Å². The number of piperidine rings is 1. The molecule has 0 aliphatic carbocycles. The van der Waals surface area contributed by atoms with Gasteiger partial charge in [-0.15, -0.1) is 0 Å². The molecule has 1 fully saturated rings. The number of anilines is 1. The van der Waals surface area contributed by atoms with E-state index in [1.54, 1.807) is 0 Å². The van der Waals surface area contributed by atoms with Gasteiger partial charge in [-0.1, -0.05) is 6.07 Å². The van der Waals surface area contributed by atoms with Crippen LogP contribution in [0.5, 0.6) is 0 Å². The summed E-state index contributed by atoms with van der Waals surface area (Å²) in [7, 11) is 1.98. The van der Waals surface area contributed by atoms with Crippen LogP contribution in [0.1, 0.15) is 18.4 Å². The van der Waals surface area contributed by atoms with E-state index in [9.17, 15) is 9.90 Å². The topological polar surface area (TPSA) is 77.5 Å². The smallest absolute Gasteiger partial charge is 0.227 e. The third-order valence-electron chi connectivity index (χ3n) is 3.99. The van der Waals surface area contributed by atoms with Crippen molar-refractivity contribution in [2.75, 3.05) is 38.5 Å². The molecule has 1 amide bonds. The van der Waals surface area contributed by atoms with Gasteiger partial charge in [0.25, 0.3) is 0 Å². The molecule has 122 valence electrons. The first-order valence-electron chi connectivity index (χ1n) is 7.87. The number of likely N-dealkylation sites (tertiary alicyclic amines) is 1. The average Bonchev–Trinajstić information content (AvgIpc) is 2.51. The monoisotopic (exact) mass is 306 g/mol. The van der Waals surface area contributed by atoms with Gasteiger partial charge in [0.15, 0.2) is 0 Å². The number of aliphatic hydroxyl groups is 1. The molecule has 1 saturated heterocycles. The number of amides is 1. The second-order valence-electron chi connectivity index (χ2n) is 6.02. The van der Waals surface area contributed by atoms with E-state index in [0.29, 0.717) is 19.5 Å². The van der Waals surface area contributed by atoms with Crippen LogP contribution in [0.3, 0.4) is 0 Å². The zero-order valence-electron chi connectivity index (χ0n) is 13.4. The Hall–Kier alpha value is -1.66. The summed E-state index contributed by atoms with van der Waals surface area (Å²) in [5.41, 5.74) is 1.13. The number of nitrogens with one attached hydrogen (secondary N) is 2. The Morgan fingerprint density at radius 2 is 2.27 bits per heavy atom. The minimum atomic E-state index is -0.522. The van der Waals surface area contributed by atoms with Crippen molar-refractivity contribution in [3.63, 3.8) is 0 Å². The van der Waals surface area contributed by atoms with E-state index in [0.717, 1.165) is 30.9 Å². The minimum Gasteiger partial charge on any atom is -0.392 e. The number of carbonyl (C=O) groups is 1. The van der Waals surface area contributed by atoms with Gasteiger partial charge >= 0.3 is 0 Å². The lowest BCUT2D eigenvalue weighted by atomic mass is 9.94. The maximum atomic E-state index is 12.1. The highest BCUT2D eigenvalue weighted by molar-refractivity contribution is 5.79. The Kier molecular flexibility index (Phi) is 6.15. The molecule has 22 heavy (non-hydrogen) atoms. The highest BCUT2D eigenvalue weighted by Gasteiger charge is 2.31. The first-order chi connectivity index (χ1) is 10.6. The molecule has 6 heteroatoms. The fourth-order valence-electron chi connectivity index (χ4n) is 2.58. The number of nitrogens with zero attached hydrogens (tertiary/aromatic N) is 2. The van der Waals surface area contributed by atoms with Gasteiger partial charge < -0.3 is 20.6 Å². The first-order valence-corrected chi connectivity index (χ1v) is 7.87. The van der Waals surface area contributed by atoms with Gasteiger partial charge in [-0.05, 0) is 38.4 Å². The van der Waals surface area contributed by atoms with Crippen molar-refractivity contribution < 1.29 is 9.90 Å². The normalized spacial score (nSPS) is 22.3. The van der Waals surface area contributed by atoms with Gasteiger partial charge in [0.05, 0.1) is 12.0 Å². The summed E-state index contributed by atoms with van der Waals surface area (Å²) in [4.78, 5) is 18.4. The fraction of sp³-hybridized carbons (Fsp3) is 0.625. The number of pyridine rings is 1. The van der Waals surface area contributed by atoms with Crippen molar-refractivity contribution >= 4 is 11.7 Å². The molecule has 6 nitrogen and oxygen atoms in total. The lowest BCUT2D eigenvalue weighted by Crippen LogP contribution is -2.48. The quantitative estimate of drug-likeness (QED) is 0.672. The maximum absolute atomic E-state index is 12.1. The SMILES string of the molecule is Cc1ccc(NCCCNC(=O)[C@@H]2CN(C)CC[C@@H]2O)nc1. The molecule has 0 radical (unpaired) electrons. The number of hydrogen-bond acceptors (Lipinski definition) is 5. The molecule has 1 aliphatic rings. The number of aryl methyl sites for hydroxylation is 1. The number of rotatable bonds is 6. The molecule has 2 heterocycles. The second-order valence-corrected chi connectivity index (χ2v) is 6.02. The standard InChI is InChI=1S/C16H26N4O2/c1-12-4-5-15(19-10-12)17-7-3-8-18-16(22)13-11-20(2)9-6-14(13)21/h4-5,10,13-14,21H,3,6-9,11H2,1-2H3,(H,17,19)(H,18,22)/t13-,14+/m1/s1. The summed E-state index contributed by atoms with van der Waals surface area (Å²) in [6, 6.07) is 3.96. The molecular weight excluding hydrogens is 280 g/mol. The third-order valence-corrected chi connectivity index (χ3v) is 3.99. The molecule has 2 atom stereocenters. The summed E-state index contributed by atoms with van der Waals surface area (Å²) >= 11 is 0. The van der Waals surface area contributed by atoms with Crippen LogP contribution < -0.4 is 10.6 Å². The van der Waals surface area contributed by atoms with Gasteiger partial charge in [0, 0.05) is 32.4 Å². The zero-order valence-corrected chi connectivity index (χ0v) is 13.4. The lowest BCUT2D eigenvalue weighted by Gasteiger charge is -2.32. The Morgan fingerprint density at radius 1 is 1.45 bits per heavy atom. The summed E-state index contributed by atoms with van der Waals surface area (Å²) in [5.74, 6) is 0.485. The molecule has 0 spiro atoms. The van der Waals surface area contributed by atoms with Gasteiger partial charge in [0.2, 0.25) is 5.91 Å². The van der Waals surface area contributed by atoms with E-state index in [-0.39, 0.29) is 11.8 Å². The molecule has 0 bridgehead atoms. The summed E-state index contributed by atoms with van der Waals surface area (Å²) in [6.07, 6.45) is 2.78. The first kappa shape index (κ1) is 16.7. The fourth-order valence-corrected chi connectivity index (χ4v) is 2.58. The highest BCUT2D eigenvalue weighted by atomic mass is 16.3. The number of carbonyl (C=O) groups excluding carboxylic acids is 1. The van der Waals surface area contributed by atoms with Crippen LogP contribution in [0.25, 0.3) is 0 Å². The van der Waals surface area contributed by atoms with E-state index in [1.807, 2.05) is 32.3 Å². The van der Waals surface area contributed by atoms with E-state index in [1.165, 1.54) is 0 Å². The molecule has 0 unspecified atom stereocenters. The van der Waals surface area contributed by atoms with Gasteiger partial charge in [0.1, 0.15) is 5.82 Å². The van der Waals surface area contributed by atoms with E-state index >= 15 is 0 Å². The van der Waals surface area contributed by atoms with Crippen LogP contribution in [-0.2, 0) is 4.79 Å². The van der Waals surface area contributed by atoms with E-state index in [4.69, 9.17) is 0 Å². The van der Waals surface area contributed by atoms with Crippen molar-refractivity contribution in [2.24, 2.45) is 5.92 Å². The van der Waals surface area contributed by atoms with Crippen molar-refractivity contribution in [1.82, 2.24) is 15.2 Å². The zero-order chi connectivity index (χ0) is 15.9. The van der Waals surface area contributed by atoms with Crippen LogP contribution >= 0.6 is 0 Å². The molecule has 0 aromatic carbocycles. The molecule has 2 rings (SSSR count). The minimum absolute atomic E-state index is 0.0486. The van der Waals surface area contributed by atoms with Crippen LogP contribution in [0, 0.1) is 12.8 Å². The predicted octanol–water partition coefficient (Wildman–Crippen LogP) is 0.621. The van der Waals surface area contributed by atoms with Crippen molar-refractivity contribution in [3.05, 3.63) is 23.9 Å². The van der Waals surface area contributed by atoms with Crippen molar-refractivity contribution in [1.29, 1.82) is 0 Å². The molecule has 1 aliphatic heterocycles. The molecule has 1 aromatic heterocycles. The summed E-state index contributed by atoms with van der Waals surface area (Å²) in [6.45, 7) is 4.83. The number of aromatic nitrogens is 1. The van der Waals surface area contributed by atoms with Crippen molar-refractivity contribution in [2.45, 2.75) is 25.9 Å².